The Kier molecular flexibility index (Phi) is 3.92. The minimum absolute atomic E-state index is 0.398. The molecule has 0 amide bonds. The molecule has 1 aromatic rings. The van der Waals surface area contributed by atoms with Crippen molar-refractivity contribution >= 4 is 29.2 Å². The summed E-state index contributed by atoms with van der Waals surface area (Å²) in [5, 5.41) is 10.1. The number of carboxylic acids is 1. The highest BCUT2D eigenvalue weighted by molar-refractivity contribution is 6.42. The first-order valence-electron chi connectivity index (χ1n) is 5.49. The van der Waals surface area contributed by atoms with E-state index in [-0.39, 0.29) is 0 Å². The molecule has 92 valence electrons. The minimum atomic E-state index is -0.763. The zero-order valence-electron chi connectivity index (χ0n) is 9.20. The van der Waals surface area contributed by atoms with Gasteiger partial charge in [0.25, 0.3) is 0 Å². The first kappa shape index (κ1) is 12.7. The highest BCUT2D eigenvalue weighted by Gasteiger charge is 2.30. The summed E-state index contributed by atoms with van der Waals surface area (Å²) in [5.41, 5.74) is 0.882. The highest BCUT2D eigenvalue weighted by Crippen LogP contribution is 2.28. The molecule has 2 rings (SSSR count). The summed E-state index contributed by atoms with van der Waals surface area (Å²) in [6.45, 7) is 1.33. The third-order valence-electron chi connectivity index (χ3n) is 3.05. The second-order valence-corrected chi connectivity index (χ2v) is 4.96. The maximum absolute atomic E-state index is 11.1. The van der Waals surface area contributed by atoms with Crippen molar-refractivity contribution < 1.29 is 9.90 Å². The number of hydrogen-bond donors (Lipinski definition) is 1. The number of carbonyl (C=O) groups is 1. The van der Waals surface area contributed by atoms with Crippen molar-refractivity contribution in [2.75, 3.05) is 6.54 Å². The van der Waals surface area contributed by atoms with Crippen molar-refractivity contribution in [1.29, 1.82) is 0 Å². The van der Waals surface area contributed by atoms with Crippen molar-refractivity contribution in [3.05, 3.63) is 33.8 Å². The van der Waals surface area contributed by atoms with E-state index in [4.69, 9.17) is 28.3 Å². The fourth-order valence-corrected chi connectivity index (χ4v) is 2.56. The van der Waals surface area contributed by atoms with Gasteiger partial charge in [-0.25, -0.2) is 0 Å². The first-order valence-corrected chi connectivity index (χ1v) is 6.25. The van der Waals surface area contributed by atoms with Crippen LogP contribution in [-0.4, -0.2) is 28.6 Å². The molecular weight excluding hydrogens is 261 g/mol. The third-order valence-corrected chi connectivity index (χ3v) is 3.91. The molecule has 0 spiro atoms. The Morgan fingerprint density at radius 1 is 1.47 bits per heavy atom. The van der Waals surface area contributed by atoms with Crippen LogP contribution >= 0.6 is 23.2 Å². The lowest BCUT2D eigenvalue weighted by Gasteiger charge is -2.21. The van der Waals surface area contributed by atoms with Gasteiger partial charge in [0.1, 0.15) is 6.04 Å². The molecule has 1 aromatic carbocycles. The fraction of sp³-hybridized carbons (Fsp3) is 0.417. The zero-order valence-corrected chi connectivity index (χ0v) is 10.7. The molecule has 0 saturated carbocycles. The second-order valence-electron chi connectivity index (χ2n) is 4.18. The number of carboxylic acid groups (broad SMARTS) is 1. The van der Waals surface area contributed by atoms with Gasteiger partial charge in [0.2, 0.25) is 0 Å². The van der Waals surface area contributed by atoms with Crippen LogP contribution in [0.4, 0.5) is 0 Å². The summed E-state index contributed by atoms with van der Waals surface area (Å²) in [5.74, 6) is -0.763. The van der Waals surface area contributed by atoms with Gasteiger partial charge < -0.3 is 5.11 Å². The van der Waals surface area contributed by atoms with Crippen molar-refractivity contribution in [3.63, 3.8) is 0 Å². The highest BCUT2D eigenvalue weighted by atomic mass is 35.5. The first-order chi connectivity index (χ1) is 8.09. The van der Waals surface area contributed by atoms with Crippen LogP contribution in [0, 0.1) is 0 Å². The van der Waals surface area contributed by atoms with Crippen molar-refractivity contribution in [2.45, 2.75) is 25.4 Å². The van der Waals surface area contributed by atoms with Gasteiger partial charge >= 0.3 is 5.97 Å². The Morgan fingerprint density at radius 2 is 2.24 bits per heavy atom. The lowest BCUT2D eigenvalue weighted by molar-refractivity contribution is -0.142. The summed E-state index contributed by atoms with van der Waals surface area (Å²) < 4.78 is 0. The Morgan fingerprint density at radius 3 is 2.94 bits per heavy atom. The van der Waals surface area contributed by atoms with Gasteiger partial charge in [0.05, 0.1) is 10.0 Å². The number of nitrogens with zero attached hydrogens (tertiary/aromatic N) is 1. The van der Waals surface area contributed by atoms with E-state index in [1.165, 1.54) is 0 Å². The monoisotopic (exact) mass is 273 g/mol. The van der Waals surface area contributed by atoms with Gasteiger partial charge in [0.15, 0.2) is 0 Å². The van der Waals surface area contributed by atoms with Gasteiger partial charge in [-0.2, -0.15) is 0 Å². The normalized spacial score (nSPS) is 20.7. The number of rotatable bonds is 3. The molecule has 1 aliphatic rings. The van der Waals surface area contributed by atoms with Crippen LogP contribution in [0.1, 0.15) is 18.4 Å². The largest absolute Gasteiger partial charge is 0.480 e. The topological polar surface area (TPSA) is 40.5 Å². The molecule has 1 heterocycles. The van der Waals surface area contributed by atoms with E-state index in [0.29, 0.717) is 23.0 Å². The van der Waals surface area contributed by atoms with Crippen molar-refractivity contribution in [1.82, 2.24) is 4.90 Å². The van der Waals surface area contributed by atoms with Crippen LogP contribution < -0.4 is 0 Å². The number of halogens is 2. The quantitative estimate of drug-likeness (QED) is 0.921. The Hall–Kier alpha value is -0.770. The van der Waals surface area contributed by atoms with Gasteiger partial charge in [-0.1, -0.05) is 35.3 Å². The lowest BCUT2D eigenvalue weighted by Crippen LogP contribution is -2.35. The van der Waals surface area contributed by atoms with Crippen LogP contribution in [0.2, 0.25) is 10.0 Å². The molecule has 0 aliphatic carbocycles. The average molecular weight is 274 g/mol. The van der Waals surface area contributed by atoms with Gasteiger partial charge in [0, 0.05) is 6.54 Å². The van der Waals surface area contributed by atoms with E-state index in [9.17, 15) is 4.79 Å². The molecule has 1 atom stereocenters. The summed E-state index contributed by atoms with van der Waals surface area (Å²) in [7, 11) is 0. The predicted octanol–water partition coefficient (Wildman–Crippen LogP) is 3.04. The summed E-state index contributed by atoms with van der Waals surface area (Å²) in [6.07, 6.45) is 1.61. The van der Waals surface area contributed by atoms with Crippen LogP contribution in [-0.2, 0) is 11.3 Å². The molecular formula is C12H13Cl2NO2. The van der Waals surface area contributed by atoms with E-state index in [0.717, 1.165) is 18.5 Å². The second kappa shape index (κ2) is 5.25. The summed E-state index contributed by atoms with van der Waals surface area (Å²) in [4.78, 5) is 13.0. The molecule has 0 bridgehead atoms. The Bertz CT molecular complexity index is 437. The lowest BCUT2D eigenvalue weighted by atomic mass is 10.2. The van der Waals surface area contributed by atoms with E-state index < -0.39 is 12.0 Å². The van der Waals surface area contributed by atoms with Gasteiger partial charge in [-0.3, -0.25) is 9.69 Å². The third kappa shape index (κ3) is 2.73. The smallest absolute Gasteiger partial charge is 0.320 e. The molecule has 5 heteroatoms. The number of likely N-dealkylation sites (tertiary alicyclic amines) is 1. The molecule has 1 N–H and O–H groups in total. The molecule has 3 nitrogen and oxygen atoms in total. The van der Waals surface area contributed by atoms with Crippen LogP contribution in [0.25, 0.3) is 0 Å². The predicted molar refractivity (Wildman–Crippen MR) is 67.5 cm³/mol. The van der Waals surface area contributed by atoms with E-state index >= 15 is 0 Å². The molecule has 0 aromatic heterocycles. The van der Waals surface area contributed by atoms with Gasteiger partial charge in [-0.15, -0.1) is 0 Å². The standard InChI is InChI=1S/C12H13Cl2NO2/c13-9-4-1-3-8(11(9)14)7-15-6-2-5-10(15)12(16)17/h1,3-4,10H,2,5-7H2,(H,16,17). The molecule has 1 saturated heterocycles. The van der Waals surface area contributed by atoms with Gasteiger partial charge in [-0.05, 0) is 31.0 Å². The SMILES string of the molecule is O=C(O)C1CCCN1Cc1cccc(Cl)c1Cl. The number of aliphatic carboxylic acids is 1. The maximum Gasteiger partial charge on any atom is 0.320 e. The summed E-state index contributed by atoms with van der Waals surface area (Å²) >= 11 is 12.0. The average Bonchev–Trinajstić information content (AvgIpc) is 2.73. The van der Waals surface area contributed by atoms with E-state index in [1.54, 1.807) is 6.07 Å². The fourth-order valence-electron chi connectivity index (χ4n) is 2.18. The number of hydrogen-bond acceptors (Lipinski definition) is 2. The molecule has 0 radical (unpaired) electrons. The van der Waals surface area contributed by atoms with Crippen LogP contribution in [0.3, 0.4) is 0 Å². The Balaban J connectivity index is 2.15. The van der Waals surface area contributed by atoms with Crippen LogP contribution in [0.5, 0.6) is 0 Å². The minimum Gasteiger partial charge on any atom is -0.480 e. The van der Waals surface area contributed by atoms with E-state index in [1.807, 2.05) is 17.0 Å². The zero-order chi connectivity index (χ0) is 12.4. The Labute approximate surface area is 110 Å². The number of benzene rings is 1. The summed E-state index contributed by atoms with van der Waals surface area (Å²) in [6, 6.07) is 5.04. The molecule has 17 heavy (non-hydrogen) atoms. The molecule has 1 fully saturated rings. The maximum atomic E-state index is 11.1. The molecule has 1 aliphatic heterocycles. The van der Waals surface area contributed by atoms with Crippen molar-refractivity contribution in [2.24, 2.45) is 0 Å². The molecule has 1 unspecified atom stereocenters. The van der Waals surface area contributed by atoms with E-state index in [2.05, 4.69) is 0 Å². The van der Waals surface area contributed by atoms with Crippen molar-refractivity contribution in [3.8, 4) is 0 Å². The van der Waals surface area contributed by atoms with Crippen LogP contribution in [0.15, 0.2) is 18.2 Å².